The summed E-state index contributed by atoms with van der Waals surface area (Å²) in [5, 5.41) is 6.13. The molecule has 0 spiro atoms. The molecule has 1 aliphatic rings. The SMILES string of the molecule is CCOC(=O)C1=C(CN(C)Cc2ccccc2Cl)NC(=O)N[C@@H]1c1ccco1. The zero-order chi connectivity index (χ0) is 20.1. The van der Waals surface area contributed by atoms with E-state index in [1.807, 2.05) is 36.2 Å². The molecule has 148 valence electrons. The molecular weight excluding hydrogens is 382 g/mol. The summed E-state index contributed by atoms with van der Waals surface area (Å²) >= 11 is 6.24. The quantitative estimate of drug-likeness (QED) is 0.693. The highest BCUT2D eigenvalue weighted by Crippen LogP contribution is 2.28. The van der Waals surface area contributed by atoms with E-state index in [1.165, 1.54) is 6.26 Å². The van der Waals surface area contributed by atoms with Crippen molar-refractivity contribution >= 4 is 23.6 Å². The summed E-state index contributed by atoms with van der Waals surface area (Å²) in [6.07, 6.45) is 1.50. The molecule has 0 bridgehead atoms. The number of likely N-dealkylation sites (N-methyl/N-ethyl adjacent to an activating group) is 1. The first-order chi connectivity index (χ1) is 13.5. The van der Waals surface area contributed by atoms with Gasteiger partial charge in [-0.05, 0) is 37.7 Å². The number of nitrogens with one attached hydrogen (secondary N) is 2. The Morgan fingerprint density at radius 1 is 1.25 bits per heavy atom. The van der Waals surface area contributed by atoms with Crippen molar-refractivity contribution in [2.75, 3.05) is 20.2 Å². The summed E-state index contributed by atoms with van der Waals surface area (Å²) in [5.74, 6) is -0.0401. The van der Waals surface area contributed by atoms with E-state index in [4.69, 9.17) is 20.8 Å². The lowest BCUT2D eigenvalue weighted by molar-refractivity contribution is -0.139. The molecule has 3 rings (SSSR count). The zero-order valence-corrected chi connectivity index (χ0v) is 16.5. The van der Waals surface area contributed by atoms with Gasteiger partial charge in [0.25, 0.3) is 0 Å². The minimum atomic E-state index is -0.716. The minimum absolute atomic E-state index is 0.226. The highest BCUT2D eigenvalue weighted by molar-refractivity contribution is 6.31. The molecule has 0 unspecified atom stereocenters. The third-order valence-electron chi connectivity index (χ3n) is 4.30. The predicted molar refractivity (Wildman–Crippen MR) is 105 cm³/mol. The summed E-state index contributed by atoms with van der Waals surface area (Å²) in [7, 11) is 1.88. The third-order valence-corrected chi connectivity index (χ3v) is 4.67. The number of carbonyl (C=O) groups is 2. The maximum Gasteiger partial charge on any atom is 0.338 e. The average molecular weight is 404 g/mol. The number of nitrogens with zero attached hydrogens (tertiary/aromatic N) is 1. The van der Waals surface area contributed by atoms with Crippen LogP contribution in [-0.4, -0.2) is 37.1 Å². The molecule has 2 aromatic rings. The minimum Gasteiger partial charge on any atom is -0.467 e. The van der Waals surface area contributed by atoms with Crippen molar-refractivity contribution < 1.29 is 18.7 Å². The summed E-state index contributed by atoms with van der Waals surface area (Å²) in [5.41, 5.74) is 1.74. The summed E-state index contributed by atoms with van der Waals surface area (Å²) in [4.78, 5) is 26.8. The first-order valence-electron chi connectivity index (χ1n) is 8.92. The molecule has 7 nitrogen and oxygen atoms in total. The van der Waals surface area contributed by atoms with Crippen LogP contribution in [0.4, 0.5) is 4.79 Å². The summed E-state index contributed by atoms with van der Waals surface area (Å²) < 4.78 is 10.7. The molecule has 2 N–H and O–H groups in total. The fourth-order valence-corrected chi connectivity index (χ4v) is 3.30. The zero-order valence-electron chi connectivity index (χ0n) is 15.7. The van der Waals surface area contributed by atoms with Gasteiger partial charge >= 0.3 is 12.0 Å². The Labute approximate surface area is 168 Å². The van der Waals surface area contributed by atoms with Crippen molar-refractivity contribution in [3.05, 3.63) is 70.3 Å². The second kappa shape index (κ2) is 8.95. The number of urea groups is 1. The Bertz CT molecular complexity index is 879. The number of furan rings is 1. The van der Waals surface area contributed by atoms with E-state index in [2.05, 4.69) is 10.6 Å². The smallest absolute Gasteiger partial charge is 0.338 e. The van der Waals surface area contributed by atoms with Gasteiger partial charge in [-0.25, -0.2) is 9.59 Å². The van der Waals surface area contributed by atoms with Crippen LogP contribution in [-0.2, 0) is 16.1 Å². The van der Waals surface area contributed by atoms with Gasteiger partial charge in [0.2, 0.25) is 0 Å². The van der Waals surface area contributed by atoms with Crippen molar-refractivity contribution in [1.29, 1.82) is 0 Å². The molecule has 0 aliphatic carbocycles. The van der Waals surface area contributed by atoms with E-state index in [1.54, 1.807) is 19.1 Å². The maximum atomic E-state index is 12.7. The van der Waals surface area contributed by atoms with Gasteiger partial charge in [0.05, 0.1) is 18.4 Å². The van der Waals surface area contributed by atoms with Gasteiger partial charge in [0, 0.05) is 23.8 Å². The Balaban J connectivity index is 1.90. The van der Waals surface area contributed by atoms with Crippen LogP contribution in [0.3, 0.4) is 0 Å². The van der Waals surface area contributed by atoms with Crippen molar-refractivity contribution in [3.8, 4) is 0 Å². The molecule has 2 amide bonds. The second-order valence-electron chi connectivity index (χ2n) is 6.42. The number of benzene rings is 1. The van der Waals surface area contributed by atoms with E-state index < -0.39 is 18.0 Å². The first-order valence-corrected chi connectivity index (χ1v) is 9.30. The molecule has 0 fully saturated rings. The van der Waals surface area contributed by atoms with Gasteiger partial charge in [-0.15, -0.1) is 0 Å². The van der Waals surface area contributed by atoms with Crippen molar-refractivity contribution in [1.82, 2.24) is 15.5 Å². The first kappa shape index (κ1) is 20.0. The molecule has 2 heterocycles. The van der Waals surface area contributed by atoms with Crippen LogP contribution in [0.1, 0.15) is 24.3 Å². The lowest BCUT2D eigenvalue weighted by atomic mass is 10.00. The Hall–Kier alpha value is -2.77. The number of carbonyl (C=O) groups excluding carboxylic acids is 2. The largest absolute Gasteiger partial charge is 0.467 e. The monoisotopic (exact) mass is 403 g/mol. The number of hydrogen-bond donors (Lipinski definition) is 2. The van der Waals surface area contributed by atoms with Crippen LogP contribution in [0.5, 0.6) is 0 Å². The number of ether oxygens (including phenoxy) is 1. The van der Waals surface area contributed by atoms with Gasteiger partial charge < -0.3 is 19.8 Å². The van der Waals surface area contributed by atoms with E-state index in [9.17, 15) is 9.59 Å². The van der Waals surface area contributed by atoms with Crippen LogP contribution >= 0.6 is 11.6 Å². The summed E-state index contributed by atoms with van der Waals surface area (Å²) in [6.45, 7) is 2.83. The Morgan fingerprint density at radius 3 is 2.71 bits per heavy atom. The fourth-order valence-electron chi connectivity index (χ4n) is 3.10. The fraction of sp³-hybridized carbons (Fsp3) is 0.300. The van der Waals surface area contributed by atoms with Crippen molar-refractivity contribution in [2.45, 2.75) is 19.5 Å². The van der Waals surface area contributed by atoms with Gasteiger partial charge in [-0.1, -0.05) is 29.8 Å². The van der Waals surface area contributed by atoms with Crippen molar-refractivity contribution in [2.24, 2.45) is 0 Å². The molecular formula is C20H22ClN3O4. The molecule has 1 aromatic heterocycles. The van der Waals surface area contributed by atoms with Crippen molar-refractivity contribution in [3.63, 3.8) is 0 Å². The highest BCUT2D eigenvalue weighted by atomic mass is 35.5. The lowest BCUT2D eigenvalue weighted by Crippen LogP contribution is -2.48. The van der Waals surface area contributed by atoms with Gasteiger partial charge in [0.1, 0.15) is 11.8 Å². The maximum absolute atomic E-state index is 12.7. The van der Waals surface area contributed by atoms with Crippen LogP contribution in [0.15, 0.2) is 58.3 Å². The number of halogens is 1. The molecule has 1 atom stereocenters. The highest BCUT2D eigenvalue weighted by Gasteiger charge is 2.35. The predicted octanol–water partition coefficient (Wildman–Crippen LogP) is 3.24. The van der Waals surface area contributed by atoms with Crippen LogP contribution in [0.2, 0.25) is 5.02 Å². The molecule has 1 aliphatic heterocycles. The van der Waals surface area contributed by atoms with E-state index in [0.717, 1.165) is 5.56 Å². The molecule has 8 heteroatoms. The van der Waals surface area contributed by atoms with Crippen LogP contribution < -0.4 is 10.6 Å². The normalized spacial score (nSPS) is 16.7. The number of amides is 2. The topological polar surface area (TPSA) is 83.8 Å². The molecule has 0 saturated heterocycles. The van der Waals surface area contributed by atoms with Crippen LogP contribution in [0.25, 0.3) is 0 Å². The van der Waals surface area contributed by atoms with E-state index in [-0.39, 0.29) is 6.61 Å². The summed E-state index contributed by atoms with van der Waals surface area (Å²) in [6, 6.07) is 9.84. The molecule has 28 heavy (non-hydrogen) atoms. The third kappa shape index (κ3) is 4.55. The standard InChI is InChI=1S/C20H22ClN3O4/c1-3-27-19(25)17-15(12-24(2)11-13-7-4-5-8-14(13)21)22-20(26)23-18(17)16-9-6-10-28-16/h4-10,18H,3,11-12H2,1-2H3,(H2,22,23,26)/t18-/m1/s1. The molecule has 0 saturated carbocycles. The van der Waals surface area contributed by atoms with Gasteiger partial charge in [-0.2, -0.15) is 0 Å². The average Bonchev–Trinajstić information content (AvgIpc) is 3.18. The van der Waals surface area contributed by atoms with E-state index >= 15 is 0 Å². The lowest BCUT2D eigenvalue weighted by Gasteiger charge is -2.30. The van der Waals surface area contributed by atoms with Crippen LogP contribution in [0, 0.1) is 0 Å². The van der Waals surface area contributed by atoms with E-state index in [0.29, 0.717) is 35.1 Å². The van der Waals surface area contributed by atoms with Gasteiger partial charge in [-0.3, -0.25) is 4.90 Å². The number of rotatable bonds is 7. The Morgan fingerprint density at radius 2 is 2.04 bits per heavy atom. The number of esters is 1. The second-order valence-corrected chi connectivity index (χ2v) is 6.83. The van der Waals surface area contributed by atoms with Gasteiger partial charge in [0.15, 0.2) is 0 Å². The number of hydrogen-bond acceptors (Lipinski definition) is 5. The Kier molecular flexibility index (Phi) is 6.38. The molecule has 0 radical (unpaired) electrons. The molecule has 1 aromatic carbocycles.